The zero-order chi connectivity index (χ0) is 20.9. The van der Waals surface area contributed by atoms with E-state index in [-0.39, 0.29) is 12.8 Å². The van der Waals surface area contributed by atoms with Crippen molar-refractivity contribution in [2.45, 2.75) is 26.7 Å². The number of aryl methyl sites for hydroxylation is 1. The van der Waals surface area contributed by atoms with Gasteiger partial charge in [0.25, 0.3) is 0 Å². The summed E-state index contributed by atoms with van der Waals surface area (Å²) in [6.45, 7) is 3.21. The second-order valence-corrected chi connectivity index (χ2v) is 8.48. The second kappa shape index (κ2) is 8.56. The minimum absolute atomic E-state index is 0.00849. The summed E-state index contributed by atoms with van der Waals surface area (Å²) in [5.74, 6) is -0.897. The summed E-state index contributed by atoms with van der Waals surface area (Å²) in [7, 11) is -2.53. The number of benzene rings is 2. The maximum atomic E-state index is 12.9. The molecule has 0 amide bonds. The number of methoxy groups -OCH3 is 1. The van der Waals surface area contributed by atoms with E-state index in [2.05, 4.69) is 4.18 Å². The van der Waals surface area contributed by atoms with Crippen molar-refractivity contribution in [3.63, 3.8) is 0 Å². The Morgan fingerprint density at radius 1 is 0.929 bits per heavy atom. The van der Waals surface area contributed by atoms with Gasteiger partial charge in [-0.25, -0.2) is 4.79 Å². The van der Waals surface area contributed by atoms with Gasteiger partial charge in [0, 0.05) is 0 Å². The van der Waals surface area contributed by atoms with Crippen molar-refractivity contribution < 1.29 is 26.9 Å². The Labute approximate surface area is 165 Å². The highest BCUT2D eigenvalue weighted by molar-refractivity contribution is 7.86. The Morgan fingerprint density at radius 2 is 1.39 bits per heavy atom. The predicted molar refractivity (Wildman–Crippen MR) is 106 cm³/mol. The fourth-order valence-corrected chi connectivity index (χ4v) is 3.40. The molecule has 0 fully saturated rings. The molecule has 2 rings (SSSR count). The first-order chi connectivity index (χ1) is 13.1. The Kier molecular flexibility index (Phi) is 6.61. The molecule has 0 heterocycles. The lowest BCUT2D eigenvalue weighted by atomic mass is 9.73. The lowest BCUT2D eigenvalue weighted by Crippen LogP contribution is -2.44. The fraction of sp³-hybridized carbons (Fsp3) is 0.333. The predicted octanol–water partition coefficient (Wildman–Crippen LogP) is 2.87. The van der Waals surface area contributed by atoms with E-state index in [9.17, 15) is 18.0 Å². The molecule has 28 heavy (non-hydrogen) atoms. The second-order valence-electron chi connectivity index (χ2n) is 6.90. The summed E-state index contributed by atoms with van der Waals surface area (Å²) >= 11 is 0. The number of hydrogen-bond donors (Lipinski definition) is 0. The molecule has 0 saturated heterocycles. The van der Waals surface area contributed by atoms with Crippen molar-refractivity contribution in [3.05, 3.63) is 65.2 Å². The lowest BCUT2D eigenvalue weighted by molar-refractivity contribution is -0.151. The zero-order valence-corrected chi connectivity index (χ0v) is 17.2. The van der Waals surface area contributed by atoms with Crippen molar-refractivity contribution in [1.29, 1.82) is 0 Å². The third kappa shape index (κ3) is 5.42. The van der Waals surface area contributed by atoms with Gasteiger partial charge in [-0.1, -0.05) is 42.0 Å². The molecule has 6 nitrogen and oxygen atoms in total. The summed E-state index contributed by atoms with van der Waals surface area (Å²) in [6, 6.07) is 14.3. The molecule has 0 saturated carbocycles. The molecule has 0 bridgehead atoms. The molecule has 7 heteroatoms. The first-order valence-electron chi connectivity index (χ1n) is 8.69. The topological polar surface area (TPSA) is 86.7 Å². The molecule has 0 aliphatic rings. The van der Waals surface area contributed by atoms with Crippen LogP contribution in [0.5, 0.6) is 5.75 Å². The van der Waals surface area contributed by atoms with E-state index in [0.717, 1.165) is 17.4 Å². The van der Waals surface area contributed by atoms with Crippen molar-refractivity contribution in [1.82, 2.24) is 0 Å². The standard InChI is InChI=1S/C21H24O6S/c1-15-5-7-17(8-6-15)13-21(16(2)22,20(23)27-28(4,24)25)14-18-9-11-19(26-3)12-10-18/h5-12H,13-14H2,1-4H3. The minimum atomic E-state index is -4.06. The van der Waals surface area contributed by atoms with Crippen molar-refractivity contribution in [2.75, 3.05) is 13.4 Å². The highest BCUT2D eigenvalue weighted by Gasteiger charge is 2.46. The van der Waals surface area contributed by atoms with Gasteiger partial charge in [0.1, 0.15) is 16.9 Å². The van der Waals surface area contributed by atoms with E-state index in [1.165, 1.54) is 14.0 Å². The Hall–Kier alpha value is -2.67. The molecule has 0 N–H and O–H groups in total. The molecule has 0 spiro atoms. The number of ether oxygens (including phenoxy) is 1. The molecule has 150 valence electrons. The number of carbonyl (C=O) groups is 2. The third-order valence-electron chi connectivity index (χ3n) is 4.58. The third-order valence-corrected chi connectivity index (χ3v) is 5.04. The number of ketones is 1. The average Bonchev–Trinajstić information content (AvgIpc) is 2.62. The van der Waals surface area contributed by atoms with E-state index < -0.39 is 27.3 Å². The summed E-state index contributed by atoms with van der Waals surface area (Å²) < 4.78 is 32.9. The van der Waals surface area contributed by atoms with Crippen LogP contribution >= 0.6 is 0 Å². The molecule has 0 aliphatic carbocycles. The highest BCUT2D eigenvalue weighted by atomic mass is 32.2. The summed E-state index contributed by atoms with van der Waals surface area (Å²) in [4.78, 5) is 25.5. The Bertz CT molecular complexity index is 945. The number of rotatable bonds is 8. The molecule has 1 unspecified atom stereocenters. The average molecular weight is 404 g/mol. The molecule has 2 aromatic rings. The normalized spacial score (nSPS) is 13.4. The molecular weight excluding hydrogens is 380 g/mol. The molecular formula is C21H24O6S. The maximum Gasteiger partial charge on any atom is 0.336 e. The van der Waals surface area contributed by atoms with E-state index >= 15 is 0 Å². The Morgan fingerprint density at radius 3 is 1.79 bits per heavy atom. The Balaban J connectivity index is 2.49. The van der Waals surface area contributed by atoms with Crippen LogP contribution in [0.1, 0.15) is 23.6 Å². The van der Waals surface area contributed by atoms with E-state index in [4.69, 9.17) is 4.74 Å². The fourth-order valence-electron chi connectivity index (χ4n) is 2.96. The van der Waals surface area contributed by atoms with Crippen LogP contribution in [-0.2, 0) is 36.7 Å². The van der Waals surface area contributed by atoms with Gasteiger partial charge in [0.15, 0.2) is 0 Å². The lowest BCUT2D eigenvalue weighted by Gasteiger charge is -2.29. The molecule has 2 aromatic carbocycles. The number of carbonyl (C=O) groups excluding carboxylic acids is 2. The van der Waals surface area contributed by atoms with Crippen molar-refractivity contribution >= 4 is 21.9 Å². The monoisotopic (exact) mass is 404 g/mol. The summed E-state index contributed by atoms with van der Waals surface area (Å²) in [5.41, 5.74) is 0.798. The van der Waals surface area contributed by atoms with Crippen LogP contribution in [-0.4, -0.2) is 33.5 Å². The van der Waals surface area contributed by atoms with Crippen molar-refractivity contribution in [3.8, 4) is 5.75 Å². The van der Waals surface area contributed by atoms with E-state index in [0.29, 0.717) is 11.3 Å². The molecule has 0 radical (unpaired) electrons. The highest BCUT2D eigenvalue weighted by Crippen LogP contribution is 2.32. The van der Waals surface area contributed by atoms with Crippen LogP contribution in [0.2, 0.25) is 0 Å². The van der Waals surface area contributed by atoms with Crippen LogP contribution in [0.3, 0.4) is 0 Å². The van der Waals surface area contributed by atoms with Crippen molar-refractivity contribution in [2.24, 2.45) is 5.41 Å². The summed E-state index contributed by atoms with van der Waals surface area (Å²) in [5, 5.41) is 0. The number of hydrogen-bond acceptors (Lipinski definition) is 6. The zero-order valence-electron chi connectivity index (χ0n) is 16.4. The maximum absolute atomic E-state index is 12.9. The van der Waals surface area contributed by atoms with Gasteiger partial charge in [-0.2, -0.15) is 8.42 Å². The molecule has 1 atom stereocenters. The van der Waals surface area contributed by atoms with Gasteiger partial charge in [0.2, 0.25) is 0 Å². The summed E-state index contributed by atoms with van der Waals surface area (Å²) in [6.07, 6.45) is 0.826. The van der Waals surface area contributed by atoms with Gasteiger partial charge >= 0.3 is 16.1 Å². The van der Waals surface area contributed by atoms with E-state index in [1.807, 2.05) is 31.2 Å². The van der Waals surface area contributed by atoms with Crippen LogP contribution in [0.15, 0.2) is 48.5 Å². The quantitative estimate of drug-likeness (QED) is 0.497. The number of Topliss-reactive ketones (excluding diaryl/α,β-unsaturated/α-hetero) is 1. The largest absolute Gasteiger partial charge is 0.497 e. The van der Waals surface area contributed by atoms with Gasteiger partial charge in [0.05, 0.1) is 13.4 Å². The van der Waals surface area contributed by atoms with Crippen LogP contribution in [0.4, 0.5) is 0 Å². The molecule has 0 aliphatic heterocycles. The van der Waals surface area contributed by atoms with Crippen LogP contribution < -0.4 is 4.74 Å². The van der Waals surface area contributed by atoms with Gasteiger partial charge in [-0.05, 0) is 49.9 Å². The van der Waals surface area contributed by atoms with Crippen LogP contribution in [0.25, 0.3) is 0 Å². The SMILES string of the molecule is COc1ccc(CC(Cc2ccc(C)cc2)(C(C)=O)C(=O)OS(C)(=O)=O)cc1. The van der Waals surface area contributed by atoms with Gasteiger partial charge in [-0.15, -0.1) is 0 Å². The van der Waals surface area contributed by atoms with Gasteiger partial charge in [-0.3, -0.25) is 4.79 Å². The smallest absolute Gasteiger partial charge is 0.336 e. The molecule has 0 aromatic heterocycles. The minimum Gasteiger partial charge on any atom is -0.497 e. The van der Waals surface area contributed by atoms with Crippen LogP contribution in [0, 0.1) is 12.3 Å². The van der Waals surface area contributed by atoms with Gasteiger partial charge < -0.3 is 8.92 Å². The first kappa shape index (κ1) is 21.6. The first-order valence-corrected chi connectivity index (χ1v) is 10.5. The van der Waals surface area contributed by atoms with E-state index in [1.54, 1.807) is 24.3 Å².